The van der Waals surface area contributed by atoms with Crippen molar-refractivity contribution in [1.29, 1.82) is 0 Å². The lowest BCUT2D eigenvalue weighted by Gasteiger charge is -2.22. The molecule has 1 aliphatic rings. The molecule has 20 heavy (non-hydrogen) atoms. The molecule has 2 heterocycles. The quantitative estimate of drug-likeness (QED) is 0.798. The van der Waals surface area contributed by atoms with E-state index in [1.54, 1.807) is 0 Å². The number of carbonyl (C=O) groups excluding carboxylic acids is 1. The van der Waals surface area contributed by atoms with Crippen LogP contribution in [-0.2, 0) is 9.53 Å². The average molecular weight is 297 g/mol. The second kappa shape index (κ2) is 6.69. The molecular weight excluding hydrogens is 280 g/mol. The topological polar surface area (TPSA) is 79.0 Å². The standard InChI is InChI=1S/C13H16N4O2.ClH/c18-12(7-9-8-19-6-5-14-9)17-13-15-10-3-1-2-4-11(10)16-13;/h1-4,9,14H,5-8H2,(H2,15,16,17,18);1H. The minimum Gasteiger partial charge on any atom is -0.378 e. The van der Waals surface area contributed by atoms with Gasteiger partial charge in [-0.1, -0.05) is 12.1 Å². The van der Waals surface area contributed by atoms with Crippen LogP contribution in [0.2, 0.25) is 0 Å². The summed E-state index contributed by atoms with van der Waals surface area (Å²) < 4.78 is 5.32. The molecule has 0 saturated carbocycles. The molecule has 1 aromatic heterocycles. The van der Waals surface area contributed by atoms with Gasteiger partial charge in [-0.3, -0.25) is 10.1 Å². The number of amides is 1. The maximum absolute atomic E-state index is 11.9. The number of fused-ring (bicyclic) bond motifs is 1. The third kappa shape index (κ3) is 3.47. The van der Waals surface area contributed by atoms with Gasteiger partial charge in [0.1, 0.15) is 0 Å². The minimum atomic E-state index is -0.0675. The maximum atomic E-state index is 11.9. The van der Waals surface area contributed by atoms with Crippen molar-refractivity contribution < 1.29 is 9.53 Å². The highest BCUT2D eigenvalue weighted by Crippen LogP contribution is 2.13. The molecular formula is C13H17ClN4O2. The normalized spacial score (nSPS) is 18.5. The highest BCUT2D eigenvalue weighted by atomic mass is 35.5. The lowest BCUT2D eigenvalue weighted by atomic mass is 10.2. The van der Waals surface area contributed by atoms with Gasteiger partial charge >= 0.3 is 0 Å². The van der Waals surface area contributed by atoms with Crippen LogP contribution in [0.5, 0.6) is 0 Å². The Bertz CT molecular complexity index is 548. The van der Waals surface area contributed by atoms with Crippen molar-refractivity contribution in [3.05, 3.63) is 24.3 Å². The molecule has 0 bridgehead atoms. The van der Waals surface area contributed by atoms with Crippen molar-refractivity contribution in [2.24, 2.45) is 0 Å². The summed E-state index contributed by atoms with van der Waals surface area (Å²) in [5.41, 5.74) is 1.76. The Kier molecular flexibility index (Phi) is 4.94. The van der Waals surface area contributed by atoms with E-state index in [4.69, 9.17) is 4.74 Å². The lowest BCUT2D eigenvalue weighted by Crippen LogP contribution is -2.43. The Morgan fingerprint density at radius 3 is 3.05 bits per heavy atom. The van der Waals surface area contributed by atoms with Crippen molar-refractivity contribution in [3.63, 3.8) is 0 Å². The van der Waals surface area contributed by atoms with E-state index in [9.17, 15) is 4.79 Å². The van der Waals surface area contributed by atoms with Gasteiger partial charge in [-0.05, 0) is 12.1 Å². The number of imidazole rings is 1. The van der Waals surface area contributed by atoms with E-state index in [1.807, 2.05) is 24.3 Å². The molecule has 108 valence electrons. The number of anilines is 1. The van der Waals surface area contributed by atoms with Crippen LogP contribution in [-0.4, -0.2) is 41.7 Å². The van der Waals surface area contributed by atoms with Crippen LogP contribution >= 0.6 is 12.4 Å². The highest BCUT2D eigenvalue weighted by Gasteiger charge is 2.17. The summed E-state index contributed by atoms with van der Waals surface area (Å²) in [6.45, 7) is 2.08. The first-order chi connectivity index (χ1) is 9.31. The first-order valence-electron chi connectivity index (χ1n) is 6.37. The van der Waals surface area contributed by atoms with Gasteiger partial charge in [-0.2, -0.15) is 0 Å². The van der Waals surface area contributed by atoms with E-state index in [-0.39, 0.29) is 24.4 Å². The molecule has 1 aliphatic heterocycles. The van der Waals surface area contributed by atoms with Gasteiger partial charge in [0.15, 0.2) is 0 Å². The van der Waals surface area contributed by atoms with Gasteiger partial charge in [0, 0.05) is 19.0 Å². The molecule has 1 amide bonds. The predicted octanol–water partition coefficient (Wildman–Crippen LogP) is 1.30. The first-order valence-corrected chi connectivity index (χ1v) is 6.37. The Morgan fingerprint density at radius 1 is 1.45 bits per heavy atom. The van der Waals surface area contributed by atoms with Crippen LogP contribution in [0.4, 0.5) is 5.95 Å². The van der Waals surface area contributed by atoms with E-state index in [2.05, 4.69) is 20.6 Å². The third-order valence-corrected chi connectivity index (χ3v) is 3.08. The first kappa shape index (κ1) is 14.8. The summed E-state index contributed by atoms with van der Waals surface area (Å²) in [5.74, 6) is 0.421. The number of rotatable bonds is 3. The number of hydrogen-bond donors (Lipinski definition) is 3. The van der Waals surface area contributed by atoms with Crippen LogP contribution in [0.1, 0.15) is 6.42 Å². The van der Waals surface area contributed by atoms with Gasteiger partial charge in [-0.25, -0.2) is 4.98 Å². The van der Waals surface area contributed by atoms with Crippen molar-refractivity contribution in [2.75, 3.05) is 25.1 Å². The van der Waals surface area contributed by atoms with Crippen molar-refractivity contribution in [3.8, 4) is 0 Å². The number of ether oxygens (including phenoxy) is 1. The summed E-state index contributed by atoms with van der Waals surface area (Å²) in [6.07, 6.45) is 0.386. The van der Waals surface area contributed by atoms with Crippen LogP contribution in [0.15, 0.2) is 24.3 Å². The Labute approximate surface area is 122 Å². The second-order valence-electron chi connectivity index (χ2n) is 4.58. The molecule has 1 atom stereocenters. The SMILES string of the molecule is Cl.O=C(CC1COCCN1)Nc1nc2ccccc2[nH]1. The molecule has 0 radical (unpaired) electrons. The summed E-state index contributed by atoms with van der Waals surface area (Å²) in [6, 6.07) is 7.75. The zero-order chi connectivity index (χ0) is 13.1. The number of carbonyl (C=O) groups is 1. The van der Waals surface area contributed by atoms with Crippen molar-refractivity contribution in [1.82, 2.24) is 15.3 Å². The molecule has 1 fully saturated rings. The fourth-order valence-electron chi connectivity index (χ4n) is 2.17. The van der Waals surface area contributed by atoms with E-state index < -0.39 is 0 Å². The summed E-state index contributed by atoms with van der Waals surface area (Å²) in [7, 11) is 0. The van der Waals surface area contributed by atoms with Gasteiger partial charge in [-0.15, -0.1) is 12.4 Å². The number of benzene rings is 1. The van der Waals surface area contributed by atoms with Crippen molar-refractivity contribution in [2.45, 2.75) is 12.5 Å². The fraction of sp³-hybridized carbons (Fsp3) is 0.385. The van der Waals surface area contributed by atoms with Crippen LogP contribution < -0.4 is 10.6 Å². The average Bonchev–Trinajstić information content (AvgIpc) is 2.81. The molecule has 7 heteroatoms. The Morgan fingerprint density at radius 2 is 2.30 bits per heavy atom. The smallest absolute Gasteiger partial charge is 0.228 e. The lowest BCUT2D eigenvalue weighted by molar-refractivity contribution is -0.117. The van der Waals surface area contributed by atoms with E-state index >= 15 is 0 Å². The molecule has 2 aromatic rings. The summed E-state index contributed by atoms with van der Waals surface area (Å²) >= 11 is 0. The van der Waals surface area contributed by atoms with Gasteiger partial charge in [0.2, 0.25) is 11.9 Å². The molecule has 1 unspecified atom stereocenters. The number of H-pyrrole nitrogens is 1. The molecule has 0 spiro atoms. The molecule has 0 aliphatic carbocycles. The predicted molar refractivity (Wildman–Crippen MR) is 79.2 cm³/mol. The Balaban J connectivity index is 0.00000147. The van der Waals surface area contributed by atoms with Crippen LogP contribution in [0, 0.1) is 0 Å². The summed E-state index contributed by atoms with van der Waals surface area (Å²) in [4.78, 5) is 19.3. The van der Waals surface area contributed by atoms with E-state index in [0.717, 1.165) is 17.6 Å². The zero-order valence-electron chi connectivity index (χ0n) is 10.9. The molecule has 1 saturated heterocycles. The van der Waals surface area contributed by atoms with E-state index in [0.29, 0.717) is 25.6 Å². The third-order valence-electron chi connectivity index (χ3n) is 3.08. The molecule has 1 aromatic carbocycles. The molecule has 6 nitrogen and oxygen atoms in total. The Hall–Kier alpha value is -1.63. The molecule has 3 N–H and O–H groups in total. The number of hydrogen-bond acceptors (Lipinski definition) is 4. The second-order valence-corrected chi connectivity index (χ2v) is 4.58. The monoisotopic (exact) mass is 296 g/mol. The number of para-hydroxylation sites is 2. The summed E-state index contributed by atoms with van der Waals surface area (Å²) in [5, 5.41) is 6.02. The van der Waals surface area contributed by atoms with Gasteiger partial charge < -0.3 is 15.0 Å². The highest BCUT2D eigenvalue weighted by molar-refractivity contribution is 5.91. The van der Waals surface area contributed by atoms with Crippen LogP contribution in [0.3, 0.4) is 0 Å². The van der Waals surface area contributed by atoms with Crippen LogP contribution in [0.25, 0.3) is 11.0 Å². The van der Waals surface area contributed by atoms with Crippen molar-refractivity contribution >= 4 is 35.3 Å². The number of halogens is 1. The van der Waals surface area contributed by atoms with Gasteiger partial charge in [0.25, 0.3) is 0 Å². The largest absolute Gasteiger partial charge is 0.378 e. The van der Waals surface area contributed by atoms with E-state index in [1.165, 1.54) is 0 Å². The van der Waals surface area contributed by atoms with Gasteiger partial charge in [0.05, 0.1) is 24.2 Å². The number of aromatic nitrogens is 2. The molecule has 3 rings (SSSR count). The number of nitrogens with one attached hydrogen (secondary N) is 3. The number of morpholine rings is 1. The number of aromatic amines is 1. The minimum absolute atomic E-state index is 0. The number of nitrogens with zero attached hydrogens (tertiary/aromatic N) is 1. The zero-order valence-corrected chi connectivity index (χ0v) is 11.7. The fourth-order valence-corrected chi connectivity index (χ4v) is 2.17. The maximum Gasteiger partial charge on any atom is 0.228 e.